The lowest BCUT2D eigenvalue weighted by molar-refractivity contribution is 0.0683. The Morgan fingerprint density at radius 3 is 2.68 bits per heavy atom. The van der Waals surface area contributed by atoms with Crippen LogP contribution < -0.4 is 10.1 Å². The number of aromatic nitrogens is 2. The van der Waals surface area contributed by atoms with E-state index in [1.165, 1.54) is 0 Å². The van der Waals surface area contributed by atoms with Crippen LogP contribution in [0.1, 0.15) is 38.6 Å². The monoisotopic (exact) mass is 430 g/mol. The Bertz CT molecular complexity index is 790. The molecule has 0 spiro atoms. The van der Waals surface area contributed by atoms with Gasteiger partial charge in [0.15, 0.2) is 11.8 Å². The van der Waals surface area contributed by atoms with Gasteiger partial charge in [-0.2, -0.15) is 4.98 Å². The Labute approximate surface area is 184 Å². The van der Waals surface area contributed by atoms with Crippen molar-refractivity contribution in [3.05, 3.63) is 42.0 Å². The van der Waals surface area contributed by atoms with Gasteiger partial charge in [0.1, 0.15) is 25.0 Å². The third-order valence-corrected chi connectivity index (χ3v) is 5.05. The van der Waals surface area contributed by atoms with Crippen LogP contribution in [0, 0.1) is 0 Å². The van der Waals surface area contributed by atoms with Gasteiger partial charge in [0.05, 0.1) is 0 Å². The standard InChI is InChI=1S/C22H34N6O3/c1-4-23-22(24-17-20-25-21(26-31-20)18(3)29-5-2)28-13-11-27(12-14-28)15-16-30-19-9-7-6-8-10-19/h6-10,18H,4-5,11-17H2,1-3H3,(H,23,24). The van der Waals surface area contributed by atoms with E-state index in [1.54, 1.807) is 0 Å². The van der Waals surface area contributed by atoms with Gasteiger partial charge in [0.25, 0.3) is 0 Å². The van der Waals surface area contributed by atoms with E-state index >= 15 is 0 Å². The minimum atomic E-state index is -0.182. The van der Waals surface area contributed by atoms with E-state index < -0.39 is 0 Å². The van der Waals surface area contributed by atoms with Crippen molar-refractivity contribution in [3.8, 4) is 5.75 Å². The van der Waals surface area contributed by atoms with Gasteiger partial charge < -0.3 is 24.2 Å². The molecule has 0 aliphatic carbocycles. The summed E-state index contributed by atoms with van der Waals surface area (Å²) < 4.78 is 16.7. The number of hydrogen-bond acceptors (Lipinski definition) is 7. The quantitative estimate of drug-likeness (QED) is 0.454. The van der Waals surface area contributed by atoms with Crippen molar-refractivity contribution < 1.29 is 14.0 Å². The lowest BCUT2D eigenvalue weighted by atomic mass is 10.3. The van der Waals surface area contributed by atoms with Gasteiger partial charge in [-0.3, -0.25) is 4.90 Å². The van der Waals surface area contributed by atoms with Gasteiger partial charge in [-0.15, -0.1) is 0 Å². The van der Waals surface area contributed by atoms with Crippen molar-refractivity contribution in [3.63, 3.8) is 0 Å². The highest BCUT2D eigenvalue weighted by Gasteiger charge is 2.20. The number of aliphatic imine (C=N–C) groups is 1. The number of rotatable bonds is 10. The molecule has 1 N–H and O–H groups in total. The maximum absolute atomic E-state index is 5.82. The van der Waals surface area contributed by atoms with Gasteiger partial charge in [-0.25, -0.2) is 4.99 Å². The fourth-order valence-corrected chi connectivity index (χ4v) is 3.38. The first-order chi connectivity index (χ1) is 15.2. The molecule has 1 saturated heterocycles. The molecule has 1 aromatic carbocycles. The van der Waals surface area contributed by atoms with Crippen LogP contribution >= 0.6 is 0 Å². The normalized spacial score (nSPS) is 16.4. The molecule has 3 rings (SSSR count). The topological polar surface area (TPSA) is 88.2 Å². The number of ether oxygens (including phenoxy) is 2. The molecule has 1 atom stereocenters. The van der Waals surface area contributed by atoms with Crippen LogP contribution in [-0.4, -0.2) is 78.4 Å². The minimum Gasteiger partial charge on any atom is -0.492 e. The van der Waals surface area contributed by atoms with Crippen molar-refractivity contribution in [1.82, 2.24) is 25.3 Å². The first-order valence-corrected chi connectivity index (χ1v) is 11.1. The maximum atomic E-state index is 5.82. The summed E-state index contributed by atoms with van der Waals surface area (Å²) in [5, 5.41) is 7.37. The Balaban J connectivity index is 1.46. The average molecular weight is 431 g/mol. The fourth-order valence-electron chi connectivity index (χ4n) is 3.38. The van der Waals surface area contributed by atoms with Gasteiger partial charge in [0, 0.05) is 45.9 Å². The summed E-state index contributed by atoms with van der Waals surface area (Å²) in [6.07, 6.45) is -0.182. The van der Waals surface area contributed by atoms with Crippen LogP contribution in [0.25, 0.3) is 0 Å². The molecular weight excluding hydrogens is 396 g/mol. The van der Waals surface area contributed by atoms with E-state index in [0.717, 1.165) is 51.0 Å². The molecule has 1 aliphatic heterocycles. The van der Waals surface area contributed by atoms with Crippen LogP contribution in [0.5, 0.6) is 5.75 Å². The number of para-hydroxylation sites is 1. The smallest absolute Gasteiger partial charge is 0.248 e. The third kappa shape index (κ3) is 7.22. The Morgan fingerprint density at radius 1 is 1.19 bits per heavy atom. The SMILES string of the molecule is CCNC(=NCc1nc(C(C)OCC)no1)N1CCN(CCOc2ccccc2)CC1. The summed E-state index contributed by atoms with van der Waals surface area (Å²) >= 11 is 0. The predicted molar refractivity (Wildman–Crippen MR) is 119 cm³/mol. The van der Waals surface area contributed by atoms with Gasteiger partial charge in [-0.1, -0.05) is 23.4 Å². The third-order valence-electron chi connectivity index (χ3n) is 5.05. The lowest BCUT2D eigenvalue weighted by Gasteiger charge is -2.36. The van der Waals surface area contributed by atoms with Gasteiger partial charge in [0.2, 0.25) is 5.89 Å². The van der Waals surface area contributed by atoms with Crippen LogP contribution in [-0.2, 0) is 11.3 Å². The molecular formula is C22H34N6O3. The average Bonchev–Trinajstić information content (AvgIpc) is 3.27. The molecule has 1 aliphatic rings. The summed E-state index contributed by atoms with van der Waals surface area (Å²) in [6, 6.07) is 9.95. The predicted octanol–water partition coefficient (Wildman–Crippen LogP) is 2.33. The zero-order valence-electron chi connectivity index (χ0n) is 18.8. The molecule has 9 heteroatoms. The highest BCUT2D eigenvalue weighted by molar-refractivity contribution is 5.80. The molecule has 2 heterocycles. The van der Waals surface area contributed by atoms with Crippen LogP contribution in [0.4, 0.5) is 0 Å². The van der Waals surface area contributed by atoms with E-state index in [4.69, 9.17) is 19.0 Å². The molecule has 1 unspecified atom stereocenters. The van der Waals surface area contributed by atoms with Crippen LogP contribution in [0.2, 0.25) is 0 Å². The van der Waals surface area contributed by atoms with E-state index in [2.05, 4.69) is 32.2 Å². The molecule has 2 aromatic rings. The first-order valence-electron chi connectivity index (χ1n) is 11.1. The molecule has 1 aromatic heterocycles. The molecule has 9 nitrogen and oxygen atoms in total. The number of nitrogens with one attached hydrogen (secondary N) is 1. The zero-order valence-corrected chi connectivity index (χ0v) is 18.8. The van der Waals surface area contributed by atoms with E-state index in [1.807, 2.05) is 44.2 Å². The Hall–Kier alpha value is -2.65. The zero-order chi connectivity index (χ0) is 21.9. The van der Waals surface area contributed by atoms with E-state index in [0.29, 0.717) is 31.5 Å². The molecule has 170 valence electrons. The van der Waals surface area contributed by atoms with Crippen molar-refractivity contribution in [2.75, 3.05) is 52.5 Å². The van der Waals surface area contributed by atoms with Crippen molar-refractivity contribution >= 4 is 5.96 Å². The minimum absolute atomic E-state index is 0.182. The lowest BCUT2D eigenvalue weighted by Crippen LogP contribution is -2.53. The highest BCUT2D eigenvalue weighted by atomic mass is 16.5. The second kappa shape index (κ2) is 12.3. The number of nitrogens with zero attached hydrogens (tertiary/aromatic N) is 5. The first kappa shape index (κ1) is 23.0. The number of piperazine rings is 1. The van der Waals surface area contributed by atoms with E-state index in [9.17, 15) is 0 Å². The molecule has 0 bridgehead atoms. The summed E-state index contributed by atoms with van der Waals surface area (Å²) in [6.45, 7) is 13.1. The second-order valence-corrected chi connectivity index (χ2v) is 7.30. The number of hydrogen-bond donors (Lipinski definition) is 1. The largest absolute Gasteiger partial charge is 0.492 e. The summed E-state index contributed by atoms with van der Waals surface area (Å²) in [4.78, 5) is 13.8. The summed E-state index contributed by atoms with van der Waals surface area (Å²) in [7, 11) is 0. The second-order valence-electron chi connectivity index (χ2n) is 7.30. The van der Waals surface area contributed by atoms with Crippen LogP contribution in [0.3, 0.4) is 0 Å². The summed E-state index contributed by atoms with van der Waals surface area (Å²) in [5.74, 6) is 2.85. The molecule has 31 heavy (non-hydrogen) atoms. The molecule has 0 amide bonds. The fraction of sp³-hybridized carbons (Fsp3) is 0.591. The number of guanidine groups is 1. The Kier molecular flexibility index (Phi) is 9.11. The molecule has 0 radical (unpaired) electrons. The van der Waals surface area contributed by atoms with Crippen molar-refractivity contribution in [1.29, 1.82) is 0 Å². The molecule has 0 saturated carbocycles. The highest BCUT2D eigenvalue weighted by Crippen LogP contribution is 2.13. The van der Waals surface area contributed by atoms with Gasteiger partial charge in [-0.05, 0) is 32.9 Å². The number of benzene rings is 1. The maximum Gasteiger partial charge on any atom is 0.248 e. The summed E-state index contributed by atoms with van der Waals surface area (Å²) in [5.41, 5.74) is 0. The van der Waals surface area contributed by atoms with E-state index in [-0.39, 0.29) is 6.10 Å². The van der Waals surface area contributed by atoms with Gasteiger partial charge >= 0.3 is 0 Å². The Morgan fingerprint density at radius 2 is 1.97 bits per heavy atom. The molecule has 1 fully saturated rings. The van der Waals surface area contributed by atoms with Crippen molar-refractivity contribution in [2.24, 2.45) is 4.99 Å². The van der Waals surface area contributed by atoms with Crippen molar-refractivity contribution in [2.45, 2.75) is 33.4 Å². The van der Waals surface area contributed by atoms with Crippen LogP contribution in [0.15, 0.2) is 39.8 Å².